The van der Waals surface area contributed by atoms with Crippen molar-refractivity contribution in [3.63, 3.8) is 0 Å². The monoisotopic (exact) mass is 92.0 g/mol. The summed E-state index contributed by atoms with van der Waals surface area (Å²) >= 11 is 2.12. The number of aliphatic imine (C=N–C) groups is 1. The number of hydrogen-bond acceptors (Lipinski definition) is 1. The van der Waals surface area contributed by atoms with Gasteiger partial charge >= 0.3 is 33.5 Å². The van der Waals surface area contributed by atoms with Crippen molar-refractivity contribution in [3.8, 4) is 0 Å². The first-order valence-electron chi connectivity index (χ1n) is 0.894. The van der Waals surface area contributed by atoms with E-state index in [1.807, 2.05) is 0 Å². The number of hydrogen-bond donors (Lipinski definition) is 0. The maximum atomic E-state index is 3.46. The molecular weight excluding hydrogens is 89.0 g/mol. The molecule has 0 spiro atoms. The summed E-state index contributed by atoms with van der Waals surface area (Å²) < 4.78 is 2.49. The van der Waals surface area contributed by atoms with E-state index >= 15 is 0 Å². The van der Waals surface area contributed by atoms with Crippen molar-refractivity contribution >= 4 is 4.52 Å². The number of nitrogens with zero attached hydrogens (tertiary/aromatic N) is 1. The molecule has 0 rings (SSSR count). The fourth-order valence-electron chi connectivity index (χ4n) is 0. The van der Waals surface area contributed by atoms with Crippen molar-refractivity contribution in [2.24, 2.45) is 4.99 Å². The minimum absolute atomic E-state index is 1.68. The molecule has 0 aliphatic carbocycles. The average Bonchev–Trinajstić information content (AvgIpc) is 1.37. The summed E-state index contributed by atoms with van der Waals surface area (Å²) in [6.07, 6.45) is 0. The molecule has 0 amide bonds. The van der Waals surface area contributed by atoms with Crippen LogP contribution in [0.25, 0.3) is 0 Å². The molecule has 0 bridgehead atoms. The van der Waals surface area contributed by atoms with Crippen molar-refractivity contribution in [3.05, 3.63) is 0 Å². The van der Waals surface area contributed by atoms with Gasteiger partial charge in [-0.15, -0.1) is 0 Å². The van der Waals surface area contributed by atoms with Crippen LogP contribution in [0.15, 0.2) is 4.99 Å². The molecule has 0 atom stereocenters. The molecule has 21 valence electrons. The Hall–Kier alpha value is 0.164. The summed E-state index contributed by atoms with van der Waals surface area (Å²) in [4.78, 5) is 3.46. The molecule has 0 fully saturated rings. The normalized spacial score (nSPS) is 4.00. The SMILES string of the molecule is CN=[C]=[V]. The Labute approximate surface area is 34.2 Å². The molecule has 4 heavy (non-hydrogen) atoms. The van der Waals surface area contributed by atoms with Gasteiger partial charge in [-0.1, -0.05) is 0 Å². The predicted molar refractivity (Wildman–Crippen MR) is 13.4 cm³/mol. The van der Waals surface area contributed by atoms with Crippen molar-refractivity contribution in [2.45, 2.75) is 0 Å². The third-order valence-electron chi connectivity index (χ3n) is 0.100. The van der Waals surface area contributed by atoms with Gasteiger partial charge in [-0.25, -0.2) is 0 Å². The zero-order valence-corrected chi connectivity index (χ0v) is 3.79. The van der Waals surface area contributed by atoms with E-state index in [-0.39, 0.29) is 0 Å². The maximum absolute atomic E-state index is 3.46. The van der Waals surface area contributed by atoms with Gasteiger partial charge in [0.15, 0.2) is 0 Å². The van der Waals surface area contributed by atoms with Gasteiger partial charge in [0, 0.05) is 0 Å². The molecule has 0 aromatic carbocycles. The van der Waals surface area contributed by atoms with Crippen LogP contribution >= 0.6 is 0 Å². The molecule has 0 aromatic heterocycles. The van der Waals surface area contributed by atoms with Crippen molar-refractivity contribution in [2.75, 3.05) is 7.05 Å². The van der Waals surface area contributed by atoms with E-state index in [0.29, 0.717) is 0 Å². The Balaban J connectivity index is 3.11. The van der Waals surface area contributed by atoms with Crippen LogP contribution in [-0.2, 0) is 17.0 Å². The summed E-state index contributed by atoms with van der Waals surface area (Å²) in [5, 5.41) is 0. The summed E-state index contributed by atoms with van der Waals surface area (Å²) in [6.45, 7) is 0. The van der Waals surface area contributed by atoms with Crippen molar-refractivity contribution < 1.29 is 17.0 Å². The molecule has 1 nitrogen and oxygen atoms in total. The van der Waals surface area contributed by atoms with E-state index < -0.39 is 0 Å². The predicted octanol–water partition coefficient (Wildman–Crippen LogP) is 0.0683. The quantitative estimate of drug-likeness (QED) is 0.375. The third kappa shape index (κ3) is 2.16. The molecule has 0 saturated heterocycles. The zero-order chi connectivity index (χ0) is 3.41. The van der Waals surface area contributed by atoms with Gasteiger partial charge in [-0.2, -0.15) is 0 Å². The second-order valence-corrected chi connectivity index (χ2v) is 0.636. The second kappa shape index (κ2) is 3.16. The fraction of sp³-hybridized carbons (Fsp3) is 0.500. The molecule has 0 unspecified atom stereocenters. The van der Waals surface area contributed by atoms with E-state index in [1.54, 1.807) is 7.05 Å². The summed E-state index contributed by atoms with van der Waals surface area (Å²) in [5.74, 6) is 0. The molecule has 0 aliphatic heterocycles. The van der Waals surface area contributed by atoms with Crippen LogP contribution in [0.1, 0.15) is 0 Å². The first-order valence-corrected chi connectivity index (χ1v) is 1.59. The molecular formula is C2H3NV. The van der Waals surface area contributed by atoms with Gasteiger partial charge in [-0.05, 0) is 0 Å². The van der Waals surface area contributed by atoms with Crippen LogP contribution < -0.4 is 0 Å². The molecule has 0 aromatic rings. The summed E-state index contributed by atoms with van der Waals surface area (Å²) in [5.41, 5.74) is 0. The summed E-state index contributed by atoms with van der Waals surface area (Å²) in [6, 6.07) is 0. The molecule has 2 heteroatoms. The third-order valence-corrected chi connectivity index (χ3v) is 0.412. The van der Waals surface area contributed by atoms with Crippen LogP contribution in [0.2, 0.25) is 0 Å². The van der Waals surface area contributed by atoms with Gasteiger partial charge in [0.1, 0.15) is 0 Å². The van der Waals surface area contributed by atoms with Crippen LogP contribution in [-0.4, -0.2) is 11.6 Å². The van der Waals surface area contributed by atoms with Crippen molar-refractivity contribution in [1.82, 2.24) is 0 Å². The Kier molecular flexibility index (Phi) is 3.29. The van der Waals surface area contributed by atoms with Gasteiger partial charge in [0.05, 0.1) is 0 Å². The Morgan fingerprint density at radius 2 is 2.25 bits per heavy atom. The first kappa shape index (κ1) is 4.16. The van der Waals surface area contributed by atoms with E-state index in [9.17, 15) is 0 Å². The molecule has 0 N–H and O–H groups in total. The van der Waals surface area contributed by atoms with Gasteiger partial charge < -0.3 is 0 Å². The molecule has 0 heterocycles. The molecule has 0 radical (unpaired) electrons. The fourth-order valence-corrected chi connectivity index (χ4v) is 0. The van der Waals surface area contributed by atoms with Crippen LogP contribution in [0, 0.1) is 0 Å². The standard InChI is InChI=1S/C2H3N.V/c1-3-2;/h1H3;. The zero-order valence-electron chi connectivity index (χ0n) is 2.39. The van der Waals surface area contributed by atoms with Crippen LogP contribution in [0.3, 0.4) is 0 Å². The Morgan fingerprint density at radius 3 is 2.25 bits per heavy atom. The van der Waals surface area contributed by atoms with E-state index in [2.05, 4.69) is 26.5 Å². The Morgan fingerprint density at radius 1 is 2.00 bits per heavy atom. The van der Waals surface area contributed by atoms with Gasteiger partial charge in [0.2, 0.25) is 0 Å². The van der Waals surface area contributed by atoms with Gasteiger partial charge in [-0.3, -0.25) is 0 Å². The van der Waals surface area contributed by atoms with Gasteiger partial charge in [0.25, 0.3) is 0 Å². The number of rotatable bonds is 0. The topological polar surface area (TPSA) is 12.4 Å². The summed E-state index contributed by atoms with van der Waals surface area (Å²) in [7, 11) is 1.68. The Bertz CT molecular complexity index is 44.0. The molecule has 0 saturated carbocycles. The average molecular weight is 92.0 g/mol. The van der Waals surface area contributed by atoms with Crippen molar-refractivity contribution in [1.29, 1.82) is 0 Å². The van der Waals surface area contributed by atoms with E-state index in [0.717, 1.165) is 0 Å². The molecule has 0 aliphatic rings. The van der Waals surface area contributed by atoms with E-state index in [4.69, 9.17) is 0 Å². The van der Waals surface area contributed by atoms with Crippen LogP contribution in [0.5, 0.6) is 0 Å². The minimum atomic E-state index is 1.68. The second-order valence-electron chi connectivity index (χ2n) is 0.324. The van der Waals surface area contributed by atoms with Crippen LogP contribution in [0.4, 0.5) is 0 Å². The van der Waals surface area contributed by atoms with E-state index in [1.165, 1.54) is 0 Å². The first-order chi connectivity index (χ1) is 1.91.